The van der Waals surface area contributed by atoms with E-state index >= 15 is 0 Å². The van der Waals surface area contributed by atoms with Crippen LogP contribution in [0.15, 0.2) is 133 Å². The molecule has 2 heterocycles. The van der Waals surface area contributed by atoms with Gasteiger partial charge in [0.15, 0.2) is 0 Å². The van der Waals surface area contributed by atoms with Gasteiger partial charge in [-0.2, -0.15) is 0 Å². The highest BCUT2D eigenvalue weighted by molar-refractivity contribution is 6.12. The first-order valence-corrected chi connectivity index (χ1v) is 16.1. The fourth-order valence-electron chi connectivity index (χ4n) is 7.64. The van der Waals surface area contributed by atoms with E-state index < -0.39 is 0 Å². The van der Waals surface area contributed by atoms with Gasteiger partial charge in [-0.05, 0) is 113 Å². The number of fused-ring (bicyclic) bond motifs is 7. The predicted molar refractivity (Wildman–Crippen MR) is 195 cm³/mol. The van der Waals surface area contributed by atoms with Crippen molar-refractivity contribution in [3.05, 3.63) is 145 Å². The van der Waals surface area contributed by atoms with Gasteiger partial charge in [0, 0.05) is 33.9 Å². The van der Waals surface area contributed by atoms with Crippen molar-refractivity contribution < 1.29 is 0 Å². The summed E-state index contributed by atoms with van der Waals surface area (Å²) in [4.78, 5) is 5.45. The first-order chi connectivity index (χ1) is 22.6. The van der Waals surface area contributed by atoms with Crippen molar-refractivity contribution in [1.82, 2.24) is 14.1 Å². The van der Waals surface area contributed by atoms with Crippen molar-refractivity contribution in [2.45, 2.75) is 27.3 Å². The molecule has 9 aromatic rings. The van der Waals surface area contributed by atoms with E-state index in [1.54, 1.807) is 0 Å². The molecular weight excluding hydrogens is 558 g/mol. The van der Waals surface area contributed by atoms with E-state index in [2.05, 4.69) is 163 Å². The summed E-state index contributed by atoms with van der Waals surface area (Å²) in [6.45, 7) is 7.61. The number of aromatic nitrogens is 3. The molecule has 3 heteroatoms. The van der Waals surface area contributed by atoms with Crippen molar-refractivity contribution in [2.75, 3.05) is 0 Å². The van der Waals surface area contributed by atoms with Crippen molar-refractivity contribution in [3.8, 4) is 28.2 Å². The molecule has 0 aliphatic carbocycles. The zero-order valence-electron chi connectivity index (χ0n) is 26.3. The highest BCUT2D eigenvalue weighted by Gasteiger charge is 2.21. The monoisotopic (exact) mass is 591 g/mol. The Labute approximate surface area is 268 Å². The van der Waals surface area contributed by atoms with Crippen LogP contribution in [0.2, 0.25) is 0 Å². The van der Waals surface area contributed by atoms with E-state index in [9.17, 15) is 0 Å². The van der Waals surface area contributed by atoms with E-state index in [1.807, 2.05) is 0 Å². The van der Waals surface area contributed by atoms with E-state index in [-0.39, 0.29) is 0 Å². The maximum atomic E-state index is 5.45. The number of benzene rings is 7. The minimum atomic E-state index is 0.925. The van der Waals surface area contributed by atoms with Crippen molar-refractivity contribution in [2.24, 2.45) is 0 Å². The van der Waals surface area contributed by atoms with E-state index in [1.165, 1.54) is 71.3 Å². The largest absolute Gasteiger partial charge is 0.341 e. The van der Waals surface area contributed by atoms with Crippen molar-refractivity contribution in [1.29, 1.82) is 0 Å². The lowest BCUT2D eigenvalue weighted by Crippen LogP contribution is -2.03. The Morgan fingerprint density at radius 3 is 2.00 bits per heavy atom. The van der Waals surface area contributed by atoms with Crippen LogP contribution in [-0.4, -0.2) is 14.1 Å². The number of para-hydroxylation sites is 1. The van der Waals surface area contributed by atoms with Gasteiger partial charge in [-0.1, -0.05) is 84.9 Å². The van der Waals surface area contributed by atoms with Crippen LogP contribution in [0.5, 0.6) is 0 Å². The normalized spacial score (nSPS) is 11.9. The molecular formula is C43H33N3. The van der Waals surface area contributed by atoms with Crippen LogP contribution in [0.1, 0.15) is 18.1 Å². The summed E-state index contributed by atoms with van der Waals surface area (Å²) in [5.41, 5.74) is 11.9. The SMILES string of the molecule is CCn1c2ccccc2c2cc(-c3nc4cc5c(ccc6ccccc65)cc4n3-c3c(C)cc(-c4ccccc4)cc3C)ccc21. The first kappa shape index (κ1) is 26.7. The fourth-order valence-corrected chi connectivity index (χ4v) is 7.64. The Bertz CT molecular complexity index is 2610. The summed E-state index contributed by atoms with van der Waals surface area (Å²) in [7, 11) is 0. The van der Waals surface area contributed by atoms with Gasteiger partial charge in [-0.25, -0.2) is 4.98 Å². The molecule has 3 nitrogen and oxygen atoms in total. The summed E-state index contributed by atoms with van der Waals surface area (Å²) >= 11 is 0. The van der Waals surface area contributed by atoms with Crippen LogP contribution >= 0.6 is 0 Å². The highest BCUT2D eigenvalue weighted by Crippen LogP contribution is 2.39. The lowest BCUT2D eigenvalue weighted by atomic mass is 9.98. The van der Waals surface area contributed by atoms with Crippen LogP contribution in [0, 0.1) is 13.8 Å². The summed E-state index contributed by atoms with van der Waals surface area (Å²) in [5.74, 6) is 0.962. The van der Waals surface area contributed by atoms with Crippen LogP contribution in [-0.2, 0) is 6.54 Å². The van der Waals surface area contributed by atoms with Gasteiger partial charge in [0.2, 0.25) is 0 Å². The topological polar surface area (TPSA) is 22.8 Å². The Morgan fingerprint density at radius 1 is 0.500 bits per heavy atom. The maximum Gasteiger partial charge on any atom is 0.145 e. The standard InChI is InChI=1S/C43H33N3/c1-4-45-39-17-11-10-16-35(39)37-24-32(20-21-40(37)45)43-44-38-26-36-31(19-18-30-14-8-9-15-34(30)36)25-41(38)46(43)42-27(2)22-33(23-28(42)3)29-12-6-5-7-13-29/h5-26H,4H2,1-3H3. The molecule has 9 rings (SSSR count). The molecule has 2 aromatic heterocycles. The molecule has 0 fully saturated rings. The molecule has 0 amide bonds. The van der Waals surface area contributed by atoms with Crippen LogP contribution in [0.4, 0.5) is 0 Å². The molecule has 46 heavy (non-hydrogen) atoms. The lowest BCUT2D eigenvalue weighted by molar-refractivity contribution is 0.827. The number of hydrogen-bond acceptors (Lipinski definition) is 1. The summed E-state index contributed by atoms with van der Waals surface area (Å²) < 4.78 is 4.81. The van der Waals surface area contributed by atoms with Gasteiger partial charge in [0.1, 0.15) is 5.82 Å². The molecule has 0 spiro atoms. The van der Waals surface area contributed by atoms with Crippen LogP contribution in [0.25, 0.3) is 82.6 Å². The Kier molecular flexibility index (Phi) is 5.91. The molecule has 0 atom stereocenters. The highest BCUT2D eigenvalue weighted by atomic mass is 15.1. The molecule has 0 saturated heterocycles. The van der Waals surface area contributed by atoms with Crippen molar-refractivity contribution in [3.63, 3.8) is 0 Å². The average Bonchev–Trinajstić information content (AvgIpc) is 3.62. The number of nitrogens with zero attached hydrogens (tertiary/aromatic N) is 3. The summed E-state index contributed by atoms with van der Waals surface area (Å²) in [6, 6.07) is 48.6. The smallest absolute Gasteiger partial charge is 0.145 e. The predicted octanol–water partition coefficient (Wildman–Crippen LogP) is 11.4. The second-order valence-corrected chi connectivity index (χ2v) is 12.4. The third kappa shape index (κ3) is 3.95. The molecule has 0 aliphatic heterocycles. The van der Waals surface area contributed by atoms with Gasteiger partial charge in [0.05, 0.1) is 16.7 Å². The third-order valence-corrected chi connectivity index (χ3v) is 9.69. The number of imidazole rings is 1. The van der Waals surface area contributed by atoms with E-state index in [4.69, 9.17) is 4.98 Å². The summed E-state index contributed by atoms with van der Waals surface area (Å²) in [5, 5.41) is 7.49. The quantitative estimate of drug-likeness (QED) is 0.187. The fraction of sp³-hybridized carbons (Fsp3) is 0.0930. The lowest BCUT2D eigenvalue weighted by Gasteiger charge is -2.18. The molecule has 7 aromatic carbocycles. The zero-order chi connectivity index (χ0) is 30.9. The molecule has 0 unspecified atom stereocenters. The molecule has 0 aliphatic rings. The van der Waals surface area contributed by atoms with Crippen LogP contribution in [0.3, 0.4) is 0 Å². The van der Waals surface area contributed by atoms with Gasteiger partial charge >= 0.3 is 0 Å². The molecule has 220 valence electrons. The van der Waals surface area contributed by atoms with Gasteiger partial charge < -0.3 is 4.57 Å². The Balaban J connectivity index is 1.36. The number of aryl methyl sites for hydroxylation is 3. The Morgan fingerprint density at radius 2 is 1.20 bits per heavy atom. The summed E-state index contributed by atoms with van der Waals surface area (Å²) in [6.07, 6.45) is 0. The van der Waals surface area contributed by atoms with Gasteiger partial charge in [-0.3, -0.25) is 4.57 Å². The van der Waals surface area contributed by atoms with Crippen molar-refractivity contribution >= 4 is 54.4 Å². The minimum absolute atomic E-state index is 0.925. The molecule has 0 radical (unpaired) electrons. The van der Waals surface area contributed by atoms with Gasteiger partial charge in [0.25, 0.3) is 0 Å². The average molecular weight is 592 g/mol. The minimum Gasteiger partial charge on any atom is -0.341 e. The third-order valence-electron chi connectivity index (χ3n) is 9.69. The Hall–Kier alpha value is -5.67. The molecule has 0 saturated carbocycles. The zero-order valence-corrected chi connectivity index (χ0v) is 26.3. The van der Waals surface area contributed by atoms with E-state index in [0.717, 1.165) is 29.0 Å². The number of rotatable bonds is 4. The molecule has 0 bridgehead atoms. The second kappa shape index (κ2) is 10.2. The maximum absolute atomic E-state index is 5.45. The van der Waals surface area contributed by atoms with Crippen LogP contribution < -0.4 is 0 Å². The number of hydrogen-bond donors (Lipinski definition) is 0. The first-order valence-electron chi connectivity index (χ1n) is 16.1. The molecule has 0 N–H and O–H groups in total. The van der Waals surface area contributed by atoms with E-state index in [0.29, 0.717) is 0 Å². The van der Waals surface area contributed by atoms with Gasteiger partial charge in [-0.15, -0.1) is 0 Å². The second-order valence-electron chi connectivity index (χ2n) is 12.4.